The van der Waals surface area contributed by atoms with Gasteiger partial charge in [-0.25, -0.2) is 23.1 Å². The van der Waals surface area contributed by atoms with Gasteiger partial charge in [-0.1, -0.05) is 12.1 Å². The predicted molar refractivity (Wildman–Crippen MR) is 224 cm³/mol. The number of para-hydroxylation sites is 1. The number of halogens is 2. The van der Waals surface area contributed by atoms with Gasteiger partial charge in [-0.05, 0) is 81.4 Å². The number of rotatable bonds is 13. The van der Waals surface area contributed by atoms with Gasteiger partial charge in [-0.3, -0.25) is 33.5 Å². The number of nitrogens with one attached hydrogen (secondary N) is 2. The summed E-state index contributed by atoms with van der Waals surface area (Å²) in [4.78, 5) is 60.3. The van der Waals surface area contributed by atoms with Gasteiger partial charge >= 0.3 is 5.69 Å². The molecule has 2 N–H and O–H groups in total. The number of imide groups is 1. The SMILES string of the molecule is Cn1c(=O)n(C2CCC(=O)NC2=O)c2cccc(CCCOC3CCC(CN4CCC(n5cc(NC(=O)c6cnn7ccc(N8CCOCC8)nc67)c(C(F)F)n5)CC4)CC3)c21. The third-order valence-corrected chi connectivity index (χ3v) is 13.0. The molecule has 7 heterocycles. The highest BCUT2D eigenvalue weighted by atomic mass is 19.3. The van der Waals surface area contributed by atoms with Gasteiger partial charge in [-0.15, -0.1) is 0 Å². The summed E-state index contributed by atoms with van der Waals surface area (Å²) >= 11 is 0. The average Bonchev–Trinajstić information content (AvgIpc) is 3.98. The van der Waals surface area contributed by atoms with Crippen LogP contribution in [0.15, 0.2) is 47.7 Å². The molecule has 3 amide bonds. The molecule has 4 aliphatic rings. The number of carbonyl (C=O) groups excluding carboxylic acids is 3. The van der Waals surface area contributed by atoms with Gasteiger partial charge < -0.3 is 24.6 Å². The van der Waals surface area contributed by atoms with Gasteiger partial charge in [0.25, 0.3) is 12.3 Å². The maximum atomic E-state index is 14.3. The van der Waals surface area contributed by atoms with Crippen LogP contribution in [-0.4, -0.2) is 115 Å². The monoisotopic (exact) mass is 857 g/mol. The van der Waals surface area contributed by atoms with Crippen molar-refractivity contribution >= 4 is 45.9 Å². The van der Waals surface area contributed by atoms with Gasteiger partial charge in [-0.2, -0.15) is 10.2 Å². The number of likely N-dealkylation sites (tertiary alicyclic amines) is 1. The minimum absolute atomic E-state index is 0.0128. The first-order valence-electron chi connectivity index (χ1n) is 21.8. The molecule has 1 aromatic carbocycles. The number of fused-ring (bicyclic) bond motifs is 2. The molecule has 0 bridgehead atoms. The molecule has 4 aromatic heterocycles. The lowest BCUT2D eigenvalue weighted by Crippen LogP contribution is -2.44. The zero-order valence-electron chi connectivity index (χ0n) is 34.9. The lowest BCUT2D eigenvalue weighted by Gasteiger charge is -2.36. The van der Waals surface area contributed by atoms with Crippen molar-refractivity contribution in [2.24, 2.45) is 13.0 Å². The first-order valence-corrected chi connectivity index (χ1v) is 21.8. The molecule has 62 heavy (non-hydrogen) atoms. The number of alkyl halides is 2. The Bertz CT molecular complexity index is 2490. The molecule has 4 fully saturated rings. The molecule has 330 valence electrons. The highest BCUT2D eigenvalue weighted by molar-refractivity contribution is 6.08. The second-order valence-electron chi connectivity index (χ2n) is 17.0. The van der Waals surface area contributed by atoms with Crippen LogP contribution in [0, 0.1) is 5.92 Å². The number of benzene rings is 1. The van der Waals surface area contributed by atoms with Crippen molar-refractivity contribution in [3.63, 3.8) is 0 Å². The number of nitrogens with zero attached hydrogens (tertiary/aromatic N) is 9. The van der Waals surface area contributed by atoms with Crippen LogP contribution in [0.25, 0.3) is 16.7 Å². The summed E-state index contributed by atoms with van der Waals surface area (Å²) in [5.74, 6) is -0.0735. The maximum absolute atomic E-state index is 14.3. The quantitative estimate of drug-likeness (QED) is 0.127. The molecule has 19 heteroatoms. The van der Waals surface area contributed by atoms with E-state index in [0.29, 0.717) is 62.2 Å². The fourth-order valence-corrected chi connectivity index (χ4v) is 9.70. The van der Waals surface area contributed by atoms with E-state index in [1.165, 1.54) is 21.5 Å². The number of piperidine rings is 2. The number of hydrogen-bond acceptors (Lipinski definition) is 11. The van der Waals surface area contributed by atoms with E-state index < -0.39 is 30.0 Å². The summed E-state index contributed by atoms with van der Waals surface area (Å²) in [6.07, 6.45) is 9.72. The van der Waals surface area contributed by atoms with Crippen LogP contribution in [0.3, 0.4) is 0 Å². The topological polar surface area (TPSA) is 175 Å². The minimum Gasteiger partial charge on any atom is -0.378 e. The maximum Gasteiger partial charge on any atom is 0.329 e. The fraction of sp³-hybridized carbons (Fsp3) is 0.558. The lowest BCUT2D eigenvalue weighted by atomic mass is 9.86. The zero-order valence-corrected chi connectivity index (χ0v) is 34.9. The second-order valence-corrected chi connectivity index (χ2v) is 17.0. The number of aromatic nitrogens is 7. The average molecular weight is 858 g/mol. The lowest BCUT2D eigenvalue weighted by molar-refractivity contribution is -0.135. The Morgan fingerprint density at radius 3 is 2.56 bits per heavy atom. The van der Waals surface area contributed by atoms with Crippen LogP contribution in [0.2, 0.25) is 0 Å². The smallest absolute Gasteiger partial charge is 0.329 e. The molecule has 1 atom stereocenters. The highest BCUT2D eigenvalue weighted by Crippen LogP contribution is 2.33. The molecule has 5 aromatic rings. The Balaban J connectivity index is 0.729. The van der Waals surface area contributed by atoms with Crippen molar-refractivity contribution in [2.45, 2.75) is 88.8 Å². The summed E-state index contributed by atoms with van der Waals surface area (Å²) in [6.45, 7) is 5.79. The molecular weight excluding hydrogens is 805 g/mol. The highest BCUT2D eigenvalue weighted by Gasteiger charge is 2.33. The van der Waals surface area contributed by atoms with Gasteiger partial charge in [0.2, 0.25) is 11.8 Å². The predicted octanol–water partition coefficient (Wildman–Crippen LogP) is 4.43. The van der Waals surface area contributed by atoms with Crippen LogP contribution in [-0.2, 0) is 32.5 Å². The van der Waals surface area contributed by atoms with Crippen LogP contribution >= 0.6 is 0 Å². The van der Waals surface area contributed by atoms with E-state index in [2.05, 4.69) is 35.6 Å². The van der Waals surface area contributed by atoms with Crippen LogP contribution in [0.5, 0.6) is 0 Å². The summed E-state index contributed by atoms with van der Waals surface area (Å²) < 4.78 is 46.5. The largest absolute Gasteiger partial charge is 0.378 e. The summed E-state index contributed by atoms with van der Waals surface area (Å²) in [6, 6.07) is 6.84. The molecule has 17 nitrogen and oxygen atoms in total. The third kappa shape index (κ3) is 8.61. The summed E-state index contributed by atoms with van der Waals surface area (Å²) in [5, 5.41) is 13.6. The van der Waals surface area contributed by atoms with Crippen molar-refractivity contribution in [2.75, 3.05) is 62.8 Å². The van der Waals surface area contributed by atoms with Crippen molar-refractivity contribution < 1.29 is 32.6 Å². The zero-order chi connectivity index (χ0) is 42.9. The van der Waals surface area contributed by atoms with Crippen LogP contribution < -0.4 is 21.2 Å². The van der Waals surface area contributed by atoms with E-state index in [9.17, 15) is 28.0 Å². The molecule has 0 spiro atoms. The number of amides is 3. The van der Waals surface area contributed by atoms with E-state index in [-0.39, 0.29) is 41.4 Å². The molecular formula is C43H53F2N11O6. The number of imidazole rings is 1. The molecule has 3 aliphatic heterocycles. The Labute approximate surface area is 356 Å². The number of anilines is 2. The number of ether oxygens (including phenoxy) is 2. The molecule has 9 rings (SSSR count). The molecule has 1 unspecified atom stereocenters. The normalized spacial score (nSPS) is 21.9. The number of carbonyl (C=O) groups is 3. The Kier molecular flexibility index (Phi) is 12.2. The first-order chi connectivity index (χ1) is 30.1. The van der Waals surface area contributed by atoms with E-state index in [1.807, 2.05) is 24.3 Å². The van der Waals surface area contributed by atoms with Gasteiger partial charge in [0.15, 0.2) is 11.3 Å². The van der Waals surface area contributed by atoms with Gasteiger partial charge in [0.1, 0.15) is 17.4 Å². The Hall–Kier alpha value is -5.53. The van der Waals surface area contributed by atoms with Crippen molar-refractivity contribution in [3.8, 4) is 0 Å². The molecule has 0 radical (unpaired) electrons. The third-order valence-electron chi connectivity index (χ3n) is 13.0. The van der Waals surface area contributed by atoms with Crippen molar-refractivity contribution in [3.05, 3.63) is 70.2 Å². The van der Waals surface area contributed by atoms with Gasteiger partial charge in [0, 0.05) is 65.2 Å². The van der Waals surface area contributed by atoms with Crippen LogP contribution in [0.1, 0.15) is 97.9 Å². The second kappa shape index (κ2) is 18.1. The number of hydrogen-bond donors (Lipinski definition) is 2. The van der Waals surface area contributed by atoms with Gasteiger partial charge in [0.05, 0.1) is 48.3 Å². The van der Waals surface area contributed by atoms with E-state index in [0.717, 1.165) is 82.1 Å². The first kappa shape index (κ1) is 41.8. The summed E-state index contributed by atoms with van der Waals surface area (Å²) in [7, 11) is 1.72. The van der Waals surface area contributed by atoms with Crippen LogP contribution in [0.4, 0.5) is 20.3 Å². The number of morpholine rings is 1. The Morgan fingerprint density at radius 1 is 1.02 bits per heavy atom. The molecule has 3 saturated heterocycles. The molecule has 1 aliphatic carbocycles. The molecule has 1 saturated carbocycles. The van der Waals surface area contributed by atoms with E-state index >= 15 is 0 Å². The van der Waals surface area contributed by atoms with Crippen molar-refractivity contribution in [1.29, 1.82) is 0 Å². The fourth-order valence-electron chi connectivity index (χ4n) is 9.70. The standard InChI is InChI=1S/C43H53F2N11O6/c1-51-38-28(4-2-6-33(38)56(43(51)60)34-11-12-36(57)49-42(34)59)5-3-21-62-30-9-7-27(8-10-30)25-52-16-13-29(14-17-52)55-26-32(37(50-55)39(44)45)47-41(58)31-24-46-54-18-15-35(48-40(31)54)53-19-22-61-23-20-53/h2,4,6,15,18,24,26-27,29-30,34,39H,3,5,7-14,16-17,19-23,25H2,1H3,(H,47,58)(H,49,57,59). The Morgan fingerprint density at radius 2 is 1.81 bits per heavy atom. The minimum atomic E-state index is -2.86. The van der Waals surface area contributed by atoms with E-state index in [1.54, 1.807) is 22.5 Å². The van der Waals surface area contributed by atoms with E-state index in [4.69, 9.17) is 9.47 Å². The summed E-state index contributed by atoms with van der Waals surface area (Å²) in [5.41, 5.74) is 2.31. The number of aryl methyl sites for hydroxylation is 2. The van der Waals surface area contributed by atoms with Crippen molar-refractivity contribution in [1.82, 2.24) is 43.7 Å².